The van der Waals surface area contributed by atoms with Crippen molar-refractivity contribution in [2.24, 2.45) is 5.73 Å². The third kappa shape index (κ3) is 3.80. The van der Waals surface area contributed by atoms with Crippen molar-refractivity contribution in [3.05, 3.63) is 35.9 Å². The Morgan fingerprint density at radius 2 is 2.17 bits per heavy atom. The van der Waals surface area contributed by atoms with Crippen LogP contribution in [0.15, 0.2) is 30.3 Å². The summed E-state index contributed by atoms with van der Waals surface area (Å²) in [4.78, 5) is 16.4. The SMILES string of the molecule is NC(=O)C1CCC(NOCc2ccccc2)CN1. The molecule has 5 nitrogen and oxygen atoms in total. The van der Waals surface area contributed by atoms with Gasteiger partial charge >= 0.3 is 0 Å². The van der Waals surface area contributed by atoms with Gasteiger partial charge in [-0.1, -0.05) is 30.3 Å². The molecule has 1 amide bonds. The molecule has 0 saturated carbocycles. The molecule has 1 aromatic rings. The molecule has 18 heavy (non-hydrogen) atoms. The number of amides is 1. The molecule has 0 aliphatic carbocycles. The predicted molar refractivity (Wildman–Crippen MR) is 68.4 cm³/mol. The van der Waals surface area contributed by atoms with E-state index in [1.807, 2.05) is 30.3 Å². The smallest absolute Gasteiger partial charge is 0.234 e. The number of hydrogen-bond donors (Lipinski definition) is 3. The molecular weight excluding hydrogens is 230 g/mol. The summed E-state index contributed by atoms with van der Waals surface area (Å²) in [5, 5.41) is 3.10. The highest BCUT2D eigenvalue weighted by molar-refractivity contribution is 5.79. The van der Waals surface area contributed by atoms with Crippen LogP contribution in [0.4, 0.5) is 0 Å². The molecule has 1 saturated heterocycles. The number of nitrogens with two attached hydrogens (primary N) is 1. The Hall–Kier alpha value is -1.43. The molecular formula is C13H19N3O2. The average molecular weight is 249 g/mol. The van der Waals surface area contributed by atoms with Crippen LogP contribution in [-0.2, 0) is 16.2 Å². The lowest BCUT2D eigenvalue weighted by Crippen LogP contribution is -2.52. The lowest BCUT2D eigenvalue weighted by Gasteiger charge is -2.28. The van der Waals surface area contributed by atoms with Crippen molar-refractivity contribution in [2.45, 2.75) is 31.5 Å². The Bertz CT molecular complexity index is 375. The normalized spacial score (nSPS) is 23.8. The van der Waals surface area contributed by atoms with Gasteiger partial charge in [0.25, 0.3) is 0 Å². The van der Waals surface area contributed by atoms with Gasteiger partial charge in [0, 0.05) is 12.6 Å². The lowest BCUT2D eigenvalue weighted by atomic mass is 10.0. The summed E-state index contributed by atoms with van der Waals surface area (Å²) in [6.07, 6.45) is 1.64. The van der Waals surface area contributed by atoms with Gasteiger partial charge in [0.15, 0.2) is 0 Å². The van der Waals surface area contributed by atoms with Gasteiger partial charge in [0.1, 0.15) is 0 Å². The fraction of sp³-hybridized carbons (Fsp3) is 0.462. The zero-order chi connectivity index (χ0) is 12.8. The summed E-state index contributed by atoms with van der Waals surface area (Å²) in [6.45, 7) is 1.24. The average Bonchev–Trinajstić information content (AvgIpc) is 2.40. The zero-order valence-electron chi connectivity index (χ0n) is 10.3. The molecule has 5 heteroatoms. The molecule has 0 spiro atoms. The monoisotopic (exact) mass is 249 g/mol. The number of hydroxylamine groups is 1. The van der Waals surface area contributed by atoms with E-state index in [0.29, 0.717) is 13.2 Å². The molecule has 98 valence electrons. The maximum absolute atomic E-state index is 11.0. The second-order valence-corrected chi connectivity index (χ2v) is 4.53. The fourth-order valence-electron chi connectivity index (χ4n) is 2.02. The van der Waals surface area contributed by atoms with E-state index in [2.05, 4.69) is 10.8 Å². The number of hydrogen-bond acceptors (Lipinski definition) is 4. The van der Waals surface area contributed by atoms with Gasteiger partial charge in [0.05, 0.1) is 12.6 Å². The van der Waals surface area contributed by atoms with Crippen molar-refractivity contribution in [2.75, 3.05) is 6.54 Å². The van der Waals surface area contributed by atoms with Gasteiger partial charge in [-0.2, -0.15) is 5.48 Å². The van der Waals surface area contributed by atoms with E-state index in [4.69, 9.17) is 10.6 Å². The van der Waals surface area contributed by atoms with Crippen molar-refractivity contribution in [1.29, 1.82) is 0 Å². The number of rotatable bonds is 5. The van der Waals surface area contributed by atoms with Crippen molar-refractivity contribution in [3.63, 3.8) is 0 Å². The Kier molecular flexibility index (Phi) is 4.69. The minimum atomic E-state index is -0.279. The molecule has 2 atom stereocenters. The van der Waals surface area contributed by atoms with Gasteiger partial charge in [-0.25, -0.2) is 0 Å². The van der Waals surface area contributed by atoms with Crippen LogP contribution in [-0.4, -0.2) is 24.5 Å². The highest BCUT2D eigenvalue weighted by Gasteiger charge is 2.23. The molecule has 2 unspecified atom stereocenters. The van der Waals surface area contributed by atoms with Gasteiger partial charge in [-0.15, -0.1) is 0 Å². The second-order valence-electron chi connectivity index (χ2n) is 4.53. The van der Waals surface area contributed by atoms with Crippen molar-refractivity contribution < 1.29 is 9.63 Å². The van der Waals surface area contributed by atoms with Gasteiger partial charge < -0.3 is 11.1 Å². The minimum Gasteiger partial charge on any atom is -0.368 e. The van der Waals surface area contributed by atoms with E-state index < -0.39 is 0 Å². The van der Waals surface area contributed by atoms with E-state index in [1.54, 1.807) is 0 Å². The fourth-order valence-corrected chi connectivity index (χ4v) is 2.02. The Morgan fingerprint density at radius 3 is 2.78 bits per heavy atom. The summed E-state index contributed by atoms with van der Waals surface area (Å²) >= 11 is 0. The number of carbonyl (C=O) groups excluding carboxylic acids is 1. The number of carbonyl (C=O) groups is 1. The van der Waals surface area contributed by atoms with Gasteiger partial charge in [-0.05, 0) is 18.4 Å². The minimum absolute atomic E-state index is 0.197. The van der Waals surface area contributed by atoms with Crippen LogP contribution in [0, 0.1) is 0 Å². The van der Waals surface area contributed by atoms with Gasteiger partial charge in [-0.3, -0.25) is 9.63 Å². The maximum atomic E-state index is 11.0. The Balaban J connectivity index is 1.65. The largest absolute Gasteiger partial charge is 0.368 e. The van der Waals surface area contributed by atoms with E-state index in [9.17, 15) is 4.79 Å². The first kappa shape index (κ1) is 13.0. The van der Waals surface area contributed by atoms with E-state index in [-0.39, 0.29) is 18.0 Å². The maximum Gasteiger partial charge on any atom is 0.234 e. The second kappa shape index (κ2) is 6.49. The summed E-state index contributed by atoms with van der Waals surface area (Å²) in [6, 6.07) is 10.0. The van der Waals surface area contributed by atoms with Crippen LogP contribution in [0.2, 0.25) is 0 Å². The molecule has 2 rings (SSSR count). The first-order valence-corrected chi connectivity index (χ1v) is 6.19. The number of benzene rings is 1. The summed E-state index contributed by atoms with van der Waals surface area (Å²) in [5.74, 6) is -0.279. The standard InChI is InChI=1S/C13H19N3O2/c14-13(17)12-7-6-11(8-15-12)16-18-9-10-4-2-1-3-5-10/h1-5,11-12,15-16H,6-9H2,(H2,14,17). The van der Waals surface area contributed by atoms with Crippen LogP contribution in [0.5, 0.6) is 0 Å². The van der Waals surface area contributed by atoms with Crippen molar-refractivity contribution >= 4 is 5.91 Å². The summed E-state index contributed by atoms with van der Waals surface area (Å²) in [5.41, 5.74) is 9.38. The molecule has 0 radical (unpaired) electrons. The zero-order valence-corrected chi connectivity index (χ0v) is 10.3. The van der Waals surface area contributed by atoms with Crippen molar-refractivity contribution in [3.8, 4) is 0 Å². The summed E-state index contributed by atoms with van der Waals surface area (Å²) in [7, 11) is 0. The van der Waals surface area contributed by atoms with Crippen LogP contribution in [0.1, 0.15) is 18.4 Å². The predicted octanol–water partition coefficient (Wildman–Crippen LogP) is 0.314. The molecule has 0 aromatic heterocycles. The van der Waals surface area contributed by atoms with Crippen LogP contribution in [0.25, 0.3) is 0 Å². The molecule has 1 aliphatic heterocycles. The highest BCUT2D eigenvalue weighted by Crippen LogP contribution is 2.08. The molecule has 4 N–H and O–H groups in total. The van der Waals surface area contributed by atoms with Crippen LogP contribution >= 0.6 is 0 Å². The third-order valence-electron chi connectivity index (χ3n) is 3.09. The van der Waals surface area contributed by atoms with E-state index in [1.165, 1.54) is 0 Å². The number of primary amides is 1. The topological polar surface area (TPSA) is 76.4 Å². The highest BCUT2D eigenvalue weighted by atomic mass is 16.6. The lowest BCUT2D eigenvalue weighted by molar-refractivity contribution is -0.120. The Morgan fingerprint density at radius 1 is 1.39 bits per heavy atom. The number of nitrogens with one attached hydrogen (secondary N) is 2. The van der Waals surface area contributed by atoms with E-state index in [0.717, 1.165) is 18.4 Å². The van der Waals surface area contributed by atoms with Crippen molar-refractivity contribution in [1.82, 2.24) is 10.8 Å². The van der Waals surface area contributed by atoms with Gasteiger partial charge in [0.2, 0.25) is 5.91 Å². The first-order chi connectivity index (χ1) is 8.75. The number of piperidine rings is 1. The van der Waals surface area contributed by atoms with Crippen LogP contribution < -0.4 is 16.5 Å². The van der Waals surface area contributed by atoms with E-state index >= 15 is 0 Å². The molecule has 1 aromatic carbocycles. The van der Waals surface area contributed by atoms with Crippen LogP contribution in [0.3, 0.4) is 0 Å². The molecule has 0 bridgehead atoms. The molecule has 1 aliphatic rings. The quantitative estimate of drug-likeness (QED) is 0.657. The molecule has 1 fully saturated rings. The Labute approximate surface area is 107 Å². The summed E-state index contributed by atoms with van der Waals surface area (Å²) < 4.78 is 0. The third-order valence-corrected chi connectivity index (χ3v) is 3.09. The first-order valence-electron chi connectivity index (χ1n) is 6.19. The molecule has 1 heterocycles.